The number of nitrogens with zero attached hydrogens (tertiary/aromatic N) is 2. The van der Waals surface area contributed by atoms with Gasteiger partial charge in [0, 0.05) is 31.7 Å². The average Bonchev–Trinajstić information content (AvgIpc) is 3.15. The quantitative estimate of drug-likeness (QED) is 0.810. The van der Waals surface area contributed by atoms with E-state index >= 15 is 0 Å². The number of carboxylic acids is 1. The monoisotopic (exact) mass is 367 g/mol. The van der Waals surface area contributed by atoms with Crippen LogP contribution in [0.1, 0.15) is 39.3 Å². The zero-order chi connectivity index (χ0) is 19.2. The second kappa shape index (κ2) is 8.44. The van der Waals surface area contributed by atoms with E-state index in [1.807, 2.05) is 30.3 Å². The van der Waals surface area contributed by atoms with E-state index in [1.165, 1.54) is 18.3 Å². The number of amides is 2. The number of rotatable bonds is 6. The van der Waals surface area contributed by atoms with E-state index < -0.39 is 5.97 Å². The summed E-state index contributed by atoms with van der Waals surface area (Å²) < 4.78 is 0. The highest BCUT2D eigenvalue weighted by atomic mass is 16.4. The number of carboxylic acid groups (broad SMARTS) is 1. The van der Waals surface area contributed by atoms with Gasteiger partial charge in [-0.3, -0.25) is 9.59 Å². The molecule has 0 aliphatic carbocycles. The predicted molar refractivity (Wildman–Crippen MR) is 98.4 cm³/mol. The normalized spacial score (nSPS) is 16.1. The van der Waals surface area contributed by atoms with Gasteiger partial charge in [0.05, 0.1) is 5.56 Å². The van der Waals surface area contributed by atoms with E-state index in [1.54, 1.807) is 4.90 Å². The van der Waals surface area contributed by atoms with Crippen LogP contribution in [0.15, 0.2) is 48.7 Å². The maximum absolute atomic E-state index is 12.4. The van der Waals surface area contributed by atoms with Gasteiger partial charge in [-0.2, -0.15) is 0 Å². The van der Waals surface area contributed by atoms with Gasteiger partial charge in [-0.1, -0.05) is 30.3 Å². The number of hydrogen-bond donors (Lipinski definition) is 2. The lowest BCUT2D eigenvalue weighted by Gasteiger charge is -2.17. The number of hydrogen-bond acceptors (Lipinski definition) is 4. The van der Waals surface area contributed by atoms with Crippen molar-refractivity contribution in [2.24, 2.45) is 0 Å². The average molecular weight is 367 g/mol. The van der Waals surface area contributed by atoms with Crippen molar-refractivity contribution in [3.8, 4) is 0 Å². The molecule has 1 atom stereocenters. The van der Waals surface area contributed by atoms with Gasteiger partial charge >= 0.3 is 5.97 Å². The lowest BCUT2D eigenvalue weighted by atomic mass is 10.1. The molecular weight excluding hydrogens is 346 g/mol. The van der Waals surface area contributed by atoms with Gasteiger partial charge in [-0.15, -0.1) is 0 Å². The second-order valence-electron chi connectivity index (χ2n) is 6.52. The molecule has 0 saturated carbocycles. The Morgan fingerprint density at radius 3 is 2.59 bits per heavy atom. The molecular formula is C20H21N3O4. The molecule has 0 spiro atoms. The van der Waals surface area contributed by atoms with Crippen LogP contribution in [0.2, 0.25) is 0 Å². The van der Waals surface area contributed by atoms with Gasteiger partial charge in [-0.05, 0) is 30.5 Å². The van der Waals surface area contributed by atoms with Crippen molar-refractivity contribution in [2.45, 2.75) is 25.3 Å². The first-order valence-corrected chi connectivity index (χ1v) is 8.85. The molecule has 1 aliphatic heterocycles. The van der Waals surface area contributed by atoms with Crippen LogP contribution in [0, 0.1) is 0 Å². The number of likely N-dealkylation sites (tertiary alicyclic amines) is 1. The maximum Gasteiger partial charge on any atom is 0.354 e. The molecule has 1 unspecified atom stereocenters. The Labute approximate surface area is 157 Å². The lowest BCUT2D eigenvalue weighted by molar-refractivity contribution is -0.130. The third-order valence-electron chi connectivity index (χ3n) is 4.59. The number of aromatic carboxylic acids is 1. The number of benzene rings is 1. The minimum Gasteiger partial charge on any atom is -0.477 e. The topological polar surface area (TPSA) is 99.6 Å². The maximum atomic E-state index is 12.4. The molecule has 1 aromatic carbocycles. The van der Waals surface area contributed by atoms with Crippen LogP contribution >= 0.6 is 0 Å². The van der Waals surface area contributed by atoms with Crippen molar-refractivity contribution in [3.63, 3.8) is 0 Å². The van der Waals surface area contributed by atoms with E-state index in [4.69, 9.17) is 5.11 Å². The van der Waals surface area contributed by atoms with E-state index in [0.29, 0.717) is 37.9 Å². The third-order valence-corrected chi connectivity index (χ3v) is 4.59. The van der Waals surface area contributed by atoms with Crippen LogP contribution in [-0.4, -0.2) is 51.9 Å². The number of carbonyl (C=O) groups is 3. The molecule has 27 heavy (non-hydrogen) atoms. The van der Waals surface area contributed by atoms with Crippen molar-refractivity contribution in [1.82, 2.24) is 15.2 Å². The Bertz CT molecular complexity index is 821. The first kappa shape index (κ1) is 18.6. The van der Waals surface area contributed by atoms with E-state index in [2.05, 4.69) is 10.3 Å². The summed E-state index contributed by atoms with van der Waals surface area (Å²) in [6.45, 7) is 1.11. The van der Waals surface area contributed by atoms with E-state index in [0.717, 1.165) is 5.56 Å². The van der Waals surface area contributed by atoms with Gasteiger partial charge in [-0.25, -0.2) is 9.78 Å². The Balaban J connectivity index is 1.48. The van der Waals surface area contributed by atoms with Crippen molar-refractivity contribution >= 4 is 17.8 Å². The van der Waals surface area contributed by atoms with E-state index in [-0.39, 0.29) is 23.6 Å². The van der Waals surface area contributed by atoms with Crippen LogP contribution in [0.25, 0.3) is 0 Å². The Morgan fingerprint density at radius 2 is 1.93 bits per heavy atom. The molecule has 3 rings (SSSR count). The summed E-state index contributed by atoms with van der Waals surface area (Å²) in [5.74, 6) is -1.37. The molecule has 7 nitrogen and oxygen atoms in total. The lowest BCUT2D eigenvalue weighted by Crippen LogP contribution is -2.38. The number of carbonyl (C=O) groups excluding carboxylic acids is 2. The standard InChI is InChI=1S/C20H21N3O4/c24-18(9-6-14-4-2-1-3-5-14)23-11-10-16(13-23)22-19(25)15-7-8-17(20(26)27)21-12-15/h1-5,7-8,12,16H,6,9-11,13H2,(H,22,25)(H,26,27). The minimum absolute atomic E-state index is 0.0862. The van der Waals surface area contributed by atoms with Crippen molar-refractivity contribution < 1.29 is 19.5 Å². The van der Waals surface area contributed by atoms with Crippen molar-refractivity contribution in [1.29, 1.82) is 0 Å². The summed E-state index contributed by atoms with van der Waals surface area (Å²) in [6, 6.07) is 12.5. The fraction of sp³-hybridized carbons (Fsp3) is 0.300. The number of nitrogens with one attached hydrogen (secondary N) is 1. The summed E-state index contributed by atoms with van der Waals surface area (Å²) in [5.41, 5.74) is 1.32. The Hall–Kier alpha value is -3.22. The van der Waals surface area contributed by atoms with Gasteiger partial charge in [0.15, 0.2) is 0 Å². The van der Waals surface area contributed by atoms with Crippen molar-refractivity contribution in [2.75, 3.05) is 13.1 Å². The summed E-state index contributed by atoms with van der Waals surface area (Å²) in [6.07, 6.45) is 3.10. The first-order chi connectivity index (χ1) is 13.0. The fourth-order valence-electron chi connectivity index (χ4n) is 3.08. The second-order valence-corrected chi connectivity index (χ2v) is 6.52. The smallest absolute Gasteiger partial charge is 0.354 e. The zero-order valence-corrected chi connectivity index (χ0v) is 14.8. The molecule has 2 aromatic rings. The number of pyridine rings is 1. The molecule has 0 radical (unpaired) electrons. The van der Waals surface area contributed by atoms with Gasteiger partial charge in [0.1, 0.15) is 5.69 Å². The summed E-state index contributed by atoms with van der Waals surface area (Å²) in [7, 11) is 0. The van der Waals surface area contributed by atoms with Gasteiger partial charge in [0.25, 0.3) is 5.91 Å². The number of aryl methyl sites for hydroxylation is 1. The largest absolute Gasteiger partial charge is 0.477 e. The molecule has 1 aliphatic rings. The molecule has 2 amide bonds. The molecule has 1 saturated heterocycles. The van der Waals surface area contributed by atoms with Crippen LogP contribution in [0.5, 0.6) is 0 Å². The van der Waals surface area contributed by atoms with E-state index in [9.17, 15) is 14.4 Å². The van der Waals surface area contributed by atoms with Crippen molar-refractivity contribution in [3.05, 3.63) is 65.5 Å². The van der Waals surface area contributed by atoms with Gasteiger partial charge < -0.3 is 15.3 Å². The highest BCUT2D eigenvalue weighted by Crippen LogP contribution is 2.13. The highest BCUT2D eigenvalue weighted by molar-refractivity contribution is 5.95. The molecule has 1 aromatic heterocycles. The van der Waals surface area contributed by atoms with Gasteiger partial charge in [0.2, 0.25) is 5.91 Å². The number of aromatic nitrogens is 1. The summed E-state index contributed by atoms with van der Waals surface area (Å²) in [5, 5.41) is 11.7. The predicted octanol–water partition coefficient (Wildman–Crippen LogP) is 1.74. The summed E-state index contributed by atoms with van der Waals surface area (Å²) in [4.78, 5) is 41.0. The molecule has 1 fully saturated rings. The molecule has 140 valence electrons. The third kappa shape index (κ3) is 4.91. The zero-order valence-electron chi connectivity index (χ0n) is 14.8. The minimum atomic E-state index is -1.14. The Morgan fingerprint density at radius 1 is 1.15 bits per heavy atom. The molecule has 7 heteroatoms. The van der Waals surface area contributed by atoms with Crippen LogP contribution in [0.4, 0.5) is 0 Å². The Kier molecular flexibility index (Phi) is 5.80. The van der Waals surface area contributed by atoms with Crippen LogP contribution < -0.4 is 5.32 Å². The fourth-order valence-corrected chi connectivity index (χ4v) is 3.08. The highest BCUT2D eigenvalue weighted by Gasteiger charge is 2.27. The summed E-state index contributed by atoms with van der Waals surface area (Å²) >= 11 is 0. The van der Waals surface area contributed by atoms with Crippen LogP contribution in [0.3, 0.4) is 0 Å². The van der Waals surface area contributed by atoms with Crippen LogP contribution in [-0.2, 0) is 11.2 Å². The SMILES string of the molecule is O=C(NC1CCN(C(=O)CCc2ccccc2)C1)c1ccc(C(=O)O)nc1. The molecule has 2 heterocycles. The molecule has 0 bridgehead atoms. The first-order valence-electron chi connectivity index (χ1n) is 8.85. The molecule has 2 N–H and O–H groups in total.